The number of barbiturate groups is 1. The monoisotopic (exact) mass is 506 g/mol. The highest BCUT2D eigenvalue weighted by Gasteiger charge is 2.37. The molecule has 8 heteroatoms. The molecule has 1 aliphatic heterocycles. The number of anilines is 1. The molecule has 2 aromatic rings. The second kappa shape index (κ2) is 8.24. The van der Waals surface area contributed by atoms with Gasteiger partial charge in [0.15, 0.2) is 11.5 Å². The summed E-state index contributed by atoms with van der Waals surface area (Å²) in [5, 5.41) is 12.3. The summed E-state index contributed by atoms with van der Waals surface area (Å²) >= 11 is 1.93. The Morgan fingerprint density at radius 2 is 1.76 bits per heavy atom. The van der Waals surface area contributed by atoms with E-state index in [1.165, 1.54) is 12.1 Å². The standard InChI is InChI=1S/C21H19IN2O5/c1-4-29-17-10-13(9-16(22)18(17)25)8-15-19(26)23-21(28)24(20(15)27)14-6-11(2)5-12(3)7-14/h5-10,25H,4H2,1-3H3,(H,23,26,28)/b15-8+. The maximum atomic E-state index is 13.0. The second-order valence-electron chi connectivity index (χ2n) is 6.59. The van der Waals surface area contributed by atoms with Crippen LogP contribution in [0.4, 0.5) is 10.5 Å². The van der Waals surface area contributed by atoms with Crippen LogP contribution in [0.15, 0.2) is 35.9 Å². The predicted molar refractivity (Wildman–Crippen MR) is 117 cm³/mol. The molecule has 3 rings (SSSR count). The lowest BCUT2D eigenvalue weighted by Crippen LogP contribution is -2.54. The van der Waals surface area contributed by atoms with Crippen LogP contribution < -0.4 is 15.0 Å². The summed E-state index contributed by atoms with van der Waals surface area (Å²) in [5.41, 5.74) is 2.46. The van der Waals surface area contributed by atoms with Crippen LogP contribution in [0.1, 0.15) is 23.6 Å². The first kappa shape index (κ1) is 20.8. The molecular weight excluding hydrogens is 487 g/mol. The number of rotatable bonds is 4. The molecule has 1 fully saturated rings. The first-order valence-electron chi connectivity index (χ1n) is 8.86. The average molecular weight is 506 g/mol. The molecule has 2 aromatic carbocycles. The van der Waals surface area contributed by atoms with Crippen molar-refractivity contribution in [1.29, 1.82) is 0 Å². The SMILES string of the molecule is CCOc1cc(/C=C2\C(=O)NC(=O)N(c3cc(C)cc(C)c3)C2=O)cc(I)c1O. The summed E-state index contributed by atoms with van der Waals surface area (Å²) in [6, 6.07) is 7.68. The molecule has 0 aliphatic carbocycles. The summed E-state index contributed by atoms with van der Waals surface area (Å²) in [4.78, 5) is 38.7. The Balaban J connectivity index is 2.06. The van der Waals surface area contributed by atoms with Gasteiger partial charge < -0.3 is 9.84 Å². The predicted octanol–water partition coefficient (Wildman–Crippen LogP) is 3.68. The number of urea groups is 1. The van der Waals surface area contributed by atoms with Crippen molar-refractivity contribution in [2.24, 2.45) is 0 Å². The van der Waals surface area contributed by atoms with Gasteiger partial charge in [0.25, 0.3) is 11.8 Å². The van der Waals surface area contributed by atoms with Gasteiger partial charge in [0, 0.05) is 0 Å². The highest BCUT2D eigenvalue weighted by molar-refractivity contribution is 14.1. The van der Waals surface area contributed by atoms with Crippen molar-refractivity contribution >= 4 is 52.2 Å². The number of imide groups is 2. The van der Waals surface area contributed by atoms with E-state index in [2.05, 4.69) is 5.32 Å². The molecule has 7 nitrogen and oxygen atoms in total. The summed E-state index contributed by atoms with van der Waals surface area (Å²) in [7, 11) is 0. The molecule has 29 heavy (non-hydrogen) atoms. The van der Waals surface area contributed by atoms with Gasteiger partial charge in [-0.1, -0.05) is 6.07 Å². The van der Waals surface area contributed by atoms with Gasteiger partial charge in [0.05, 0.1) is 15.9 Å². The normalized spacial score (nSPS) is 15.7. The lowest BCUT2D eigenvalue weighted by molar-refractivity contribution is -0.122. The summed E-state index contributed by atoms with van der Waals surface area (Å²) in [6.45, 7) is 5.84. The molecule has 0 atom stereocenters. The number of benzene rings is 2. The third-order valence-electron chi connectivity index (χ3n) is 4.23. The Morgan fingerprint density at radius 3 is 2.38 bits per heavy atom. The molecule has 0 bridgehead atoms. The molecule has 1 saturated heterocycles. The van der Waals surface area contributed by atoms with Crippen LogP contribution in [0.25, 0.3) is 6.08 Å². The number of carbonyl (C=O) groups is 3. The van der Waals surface area contributed by atoms with E-state index in [1.807, 2.05) is 42.5 Å². The zero-order chi connectivity index (χ0) is 21.3. The van der Waals surface area contributed by atoms with E-state index in [9.17, 15) is 19.5 Å². The van der Waals surface area contributed by atoms with Gasteiger partial charge in [-0.05, 0) is 90.4 Å². The minimum Gasteiger partial charge on any atom is -0.504 e. The number of nitrogens with zero attached hydrogens (tertiary/aromatic N) is 1. The fraction of sp³-hybridized carbons (Fsp3) is 0.190. The van der Waals surface area contributed by atoms with Crippen LogP contribution in [0.5, 0.6) is 11.5 Å². The fourth-order valence-corrected chi connectivity index (χ4v) is 3.71. The average Bonchev–Trinajstić information content (AvgIpc) is 2.62. The number of ether oxygens (including phenoxy) is 1. The largest absolute Gasteiger partial charge is 0.504 e. The van der Waals surface area contributed by atoms with Crippen LogP contribution in [0.3, 0.4) is 0 Å². The van der Waals surface area contributed by atoms with E-state index in [0.29, 0.717) is 21.4 Å². The number of phenolic OH excluding ortho intramolecular Hbond substituents is 1. The van der Waals surface area contributed by atoms with Crippen LogP contribution in [0.2, 0.25) is 0 Å². The zero-order valence-corrected chi connectivity index (χ0v) is 18.2. The van der Waals surface area contributed by atoms with Crippen molar-refractivity contribution < 1.29 is 24.2 Å². The van der Waals surface area contributed by atoms with E-state index in [0.717, 1.165) is 16.0 Å². The summed E-state index contributed by atoms with van der Waals surface area (Å²) in [5.74, 6) is -1.26. The summed E-state index contributed by atoms with van der Waals surface area (Å²) < 4.78 is 5.91. The Bertz CT molecular complexity index is 1040. The van der Waals surface area contributed by atoms with Gasteiger partial charge >= 0.3 is 6.03 Å². The van der Waals surface area contributed by atoms with Crippen LogP contribution in [-0.2, 0) is 9.59 Å². The molecule has 0 unspecified atom stereocenters. The number of aromatic hydroxyl groups is 1. The minimum atomic E-state index is -0.794. The topological polar surface area (TPSA) is 95.9 Å². The van der Waals surface area contributed by atoms with Gasteiger partial charge in [-0.15, -0.1) is 0 Å². The number of carbonyl (C=O) groups excluding carboxylic acids is 3. The van der Waals surface area contributed by atoms with Crippen LogP contribution in [-0.4, -0.2) is 29.6 Å². The smallest absolute Gasteiger partial charge is 0.335 e. The third-order valence-corrected chi connectivity index (χ3v) is 5.05. The van der Waals surface area contributed by atoms with Crippen molar-refractivity contribution in [3.8, 4) is 11.5 Å². The Labute approximate surface area is 181 Å². The van der Waals surface area contributed by atoms with Crippen molar-refractivity contribution in [1.82, 2.24) is 5.32 Å². The summed E-state index contributed by atoms with van der Waals surface area (Å²) in [6.07, 6.45) is 1.38. The quantitative estimate of drug-likeness (QED) is 0.375. The van der Waals surface area contributed by atoms with E-state index in [-0.39, 0.29) is 17.1 Å². The number of halogens is 1. The first-order chi connectivity index (χ1) is 13.7. The van der Waals surface area contributed by atoms with Crippen LogP contribution in [0, 0.1) is 17.4 Å². The van der Waals surface area contributed by atoms with E-state index < -0.39 is 17.8 Å². The van der Waals surface area contributed by atoms with Gasteiger partial charge in [-0.2, -0.15) is 0 Å². The second-order valence-corrected chi connectivity index (χ2v) is 7.75. The van der Waals surface area contributed by atoms with E-state index in [1.54, 1.807) is 25.1 Å². The van der Waals surface area contributed by atoms with Gasteiger partial charge in [0.1, 0.15) is 5.57 Å². The number of phenols is 1. The fourth-order valence-electron chi connectivity index (χ4n) is 3.08. The third kappa shape index (κ3) is 4.26. The molecule has 2 N–H and O–H groups in total. The Kier molecular flexibility index (Phi) is 5.92. The van der Waals surface area contributed by atoms with Crippen molar-refractivity contribution in [3.05, 3.63) is 56.2 Å². The number of amides is 4. The number of nitrogens with one attached hydrogen (secondary N) is 1. The highest BCUT2D eigenvalue weighted by Crippen LogP contribution is 2.34. The van der Waals surface area contributed by atoms with Gasteiger partial charge in [0.2, 0.25) is 0 Å². The molecule has 0 aromatic heterocycles. The molecular formula is C21H19IN2O5. The molecule has 1 aliphatic rings. The van der Waals surface area contributed by atoms with Crippen molar-refractivity contribution in [3.63, 3.8) is 0 Å². The Hall–Kier alpha value is -2.88. The molecule has 1 heterocycles. The van der Waals surface area contributed by atoms with Crippen molar-refractivity contribution in [2.45, 2.75) is 20.8 Å². The van der Waals surface area contributed by atoms with E-state index >= 15 is 0 Å². The zero-order valence-electron chi connectivity index (χ0n) is 16.1. The molecule has 0 spiro atoms. The van der Waals surface area contributed by atoms with Crippen LogP contribution >= 0.6 is 22.6 Å². The minimum absolute atomic E-state index is 0.0129. The maximum Gasteiger partial charge on any atom is 0.335 e. The first-order valence-corrected chi connectivity index (χ1v) is 9.94. The van der Waals surface area contributed by atoms with E-state index in [4.69, 9.17) is 4.74 Å². The highest BCUT2D eigenvalue weighted by atomic mass is 127. The number of aryl methyl sites for hydroxylation is 2. The number of hydrogen-bond donors (Lipinski definition) is 2. The van der Waals surface area contributed by atoms with Crippen molar-refractivity contribution in [2.75, 3.05) is 11.5 Å². The number of hydrogen-bond acceptors (Lipinski definition) is 5. The molecule has 150 valence electrons. The lowest BCUT2D eigenvalue weighted by atomic mass is 10.0. The molecule has 4 amide bonds. The Morgan fingerprint density at radius 1 is 1.10 bits per heavy atom. The maximum absolute atomic E-state index is 13.0. The lowest BCUT2D eigenvalue weighted by Gasteiger charge is -2.27. The molecule has 0 saturated carbocycles. The van der Waals surface area contributed by atoms with Gasteiger partial charge in [-0.3, -0.25) is 14.9 Å². The molecule has 0 radical (unpaired) electrons. The van der Waals surface area contributed by atoms with Gasteiger partial charge in [-0.25, -0.2) is 9.69 Å².